The number of carbonyl (C=O) groups excluding carboxylic acids is 1. The van der Waals surface area contributed by atoms with Gasteiger partial charge in [-0.2, -0.15) is 0 Å². The number of halogens is 1. The van der Waals surface area contributed by atoms with Crippen LogP contribution in [0.25, 0.3) is 0 Å². The number of carbonyl (C=O) groups is 1. The highest BCUT2D eigenvalue weighted by Gasteiger charge is 2.26. The van der Waals surface area contributed by atoms with E-state index >= 15 is 0 Å². The second-order valence-electron chi connectivity index (χ2n) is 5.27. The normalized spacial score (nSPS) is 13.2. The molecule has 18 heavy (non-hydrogen) atoms. The standard InChI is InChI=1S/C13H19ClN2O2/c1-13(2,3)10(6-7-17)16-12(18)9-4-5-11(14)15-8-9/h4-5,8,10,17H,6-7H2,1-3H3,(H,16,18). The third kappa shape index (κ3) is 4.27. The van der Waals surface area contributed by atoms with E-state index in [2.05, 4.69) is 10.3 Å². The van der Waals surface area contributed by atoms with E-state index in [0.29, 0.717) is 17.1 Å². The quantitative estimate of drug-likeness (QED) is 0.825. The molecule has 2 N–H and O–H groups in total. The molecule has 4 nitrogen and oxygen atoms in total. The van der Waals surface area contributed by atoms with Crippen molar-refractivity contribution in [3.8, 4) is 0 Å². The minimum absolute atomic E-state index is 0.0427. The molecule has 0 saturated heterocycles. The molecule has 0 aliphatic heterocycles. The Hall–Kier alpha value is -1.13. The first-order valence-corrected chi connectivity index (χ1v) is 6.25. The Bertz CT molecular complexity index is 398. The number of nitrogens with one attached hydrogen (secondary N) is 1. The lowest BCUT2D eigenvalue weighted by atomic mass is 9.85. The first-order valence-electron chi connectivity index (χ1n) is 5.88. The average Bonchev–Trinajstić information content (AvgIpc) is 2.28. The Balaban J connectivity index is 2.75. The third-order valence-electron chi connectivity index (χ3n) is 2.76. The third-order valence-corrected chi connectivity index (χ3v) is 2.98. The van der Waals surface area contributed by atoms with Gasteiger partial charge in [0.2, 0.25) is 0 Å². The molecule has 1 atom stereocenters. The second-order valence-corrected chi connectivity index (χ2v) is 5.66. The molecular formula is C13H19ClN2O2. The summed E-state index contributed by atoms with van der Waals surface area (Å²) in [6, 6.07) is 3.11. The molecule has 1 rings (SSSR count). The van der Waals surface area contributed by atoms with Gasteiger partial charge in [0.1, 0.15) is 5.15 Å². The first kappa shape index (κ1) is 14.9. The maximum absolute atomic E-state index is 12.0. The summed E-state index contributed by atoms with van der Waals surface area (Å²) in [6.45, 7) is 6.11. The summed E-state index contributed by atoms with van der Waals surface area (Å²) < 4.78 is 0. The number of pyridine rings is 1. The van der Waals surface area contributed by atoms with Crippen molar-refractivity contribution in [2.45, 2.75) is 33.2 Å². The zero-order valence-corrected chi connectivity index (χ0v) is 11.7. The van der Waals surface area contributed by atoms with Gasteiger partial charge in [-0.15, -0.1) is 0 Å². The van der Waals surface area contributed by atoms with Crippen LogP contribution < -0.4 is 5.32 Å². The number of amides is 1. The molecule has 100 valence electrons. The van der Waals surface area contributed by atoms with Crippen LogP contribution in [-0.4, -0.2) is 28.6 Å². The number of nitrogens with zero attached hydrogens (tertiary/aromatic N) is 1. The second kappa shape index (κ2) is 6.16. The average molecular weight is 271 g/mol. The van der Waals surface area contributed by atoms with Crippen LogP contribution in [-0.2, 0) is 0 Å². The van der Waals surface area contributed by atoms with Crippen molar-refractivity contribution in [1.82, 2.24) is 10.3 Å². The van der Waals surface area contributed by atoms with Crippen LogP contribution in [0.1, 0.15) is 37.6 Å². The van der Waals surface area contributed by atoms with Crippen LogP contribution in [0.4, 0.5) is 0 Å². The molecule has 0 spiro atoms. The highest BCUT2D eigenvalue weighted by atomic mass is 35.5. The molecule has 5 heteroatoms. The minimum atomic E-state index is -0.201. The van der Waals surface area contributed by atoms with Gasteiger partial charge in [0.25, 0.3) is 5.91 Å². The van der Waals surface area contributed by atoms with E-state index in [9.17, 15) is 4.79 Å². The van der Waals surface area contributed by atoms with Gasteiger partial charge in [0.05, 0.1) is 5.56 Å². The van der Waals surface area contributed by atoms with Gasteiger partial charge in [0.15, 0.2) is 0 Å². The molecule has 1 aromatic heterocycles. The van der Waals surface area contributed by atoms with Gasteiger partial charge >= 0.3 is 0 Å². The van der Waals surface area contributed by atoms with Gasteiger partial charge in [-0.05, 0) is 24.0 Å². The Morgan fingerprint density at radius 3 is 2.61 bits per heavy atom. The van der Waals surface area contributed by atoms with Crippen LogP contribution in [0.2, 0.25) is 5.15 Å². The van der Waals surface area contributed by atoms with Crippen molar-refractivity contribution >= 4 is 17.5 Å². The van der Waals surface area contributed by atoms with Gasteiger partial charge < -0.3 is 10.4 Å². The molecule has 0 bridgehead atoms. The lowest BCUT2D eigenvalue weighted by molar-refractivity contribution is 0.0885. The number of rotatable bonds is 4. The summed E-state index contributed by atoms with van der Waals surface area (Å²) >= 11 is 5.67. The summed E-state index contributed by atoms with van der Waals surface area (Å²) in [5, 5.41) is 12.3. The molecule has 1 amide bonds. The van der Waals surface area contributed by atoms with E-state index in [1.165, 1.54) is 6.20 Å². The van der Waals surface area contributed by atoms with Crippen molar-refractivity contribution in [3.05, 3.63) is 29.0 Å². The Kier molecular flexibility index (Phi) is 5.11. The highest BCUT2D eigenvalue weighted by Crippen LogP contribution is 2.22. The molecule has 1 unspecified atom stereocenters. The molecule has 1 aromatic rings. The summed E-state index contributed by atoms with van der Waals surface area (Å²) in [4.78, 5) is 15.9. The molecule has 0 radical (unpaired) electrons. The van der Waals surface area contributed by atoms with Gasteiger partial charge in [-0.3, -0.25) is 4.79 Å². The van der Waals surface area contributed by atoms with Crippen molar-refractivity contribution in [1.29, 1.82) is 0 Å². The predicted octanol–water partition coefficient (Wildman–Crippen LogP) is 2.26. The fraction of sp³-hybridized carbons (Fsp3) is 0.538. The lowest BCUT2D eigenvalue weighted by Crippen LogP contribution is -2.44. The Labute approximate surface area is 112 Å². The zero-order valence-electron chi connectivity index (χ0n) is 10.9. The smallest absolute Gasteiger partial charge is 0.253 e. The van der Waals surface area contributed by atoms with E-state index in [0.717, 1.165) is 0 Å². The van der Waals surface area contributed by atoms with E-state index in [1.807, 2.05) is 20.8 Å². The Morgan fingerprint density at radius 1 is 1.50 bits per heavy atom. The molecule has 0 aliphatic rings. The lowest BCUT2D eigenvalue weighted by Gasteiger charge is -2.31. The highest BCUT2D eigenvalue weighted by molar-refractivity contribution is 6.29. The van der Waals surface area contributed by atoms with Crippen LogP contribution in [0, 0.1) is 5.41 Å². The summed E-state index contributed by atoms with van der Waals surface area (Å²) in [6.07, 6.45) is 1.96. The van der Waals surface area contributed by atoms with Crippen LogP contribution in [0.5, 0.6) is 0 Å². The van der Waals surface area contributed by atoms with Gasteiger partial charge in [-0.1, -0.05) is 32.4 Å². The Morgan fingerprint density at radius 2 is 2.17 bits per heavy atom. The van der Waals surface area contributed by atoms with Crippen LogP contribution >= 0.6 is 11.6 Å². The molecule has 0 saturated carbocycles. The van der Waals surface area contributed by atoms with Gasteiger partial charge in [0, 0.05) is 18.8 Å². The molecular weight excluding hydrogens is 252 g/mol. The molecule has 1 heterocycles. The molecule has 0 aromatic carbocycles. The summed E-state index contributed by atoms with van der Waals surface area (Å²) in [5.74, 6) is -0.201. The van der Waals surface area contributed by atoms with Crippen molar-refractivity contribution in [2.24, 2.45) is 5.41 Å². The number of aliphatic hydroxyl groups is 1. The SMILES string of the molecule is CC(C)(C)C(CCO)NC(=O)c1ccc(Cl)nc1. The largest absolute Gasteiger partial charge is 0.396 e. The zero-order chi connectivity index (χ0) is 13.8. The van der Waals surface area contributed by atoms with E-state index in [4.69, 9.17) is 16.7 Å². The first-order chi connectivity index (χ1) is 8.34. The van der Waals surface area contributed by atoms with E-state index < -0.39 is 0 Å². The van der Waals surface area contributed by atoms with Crippen molar-refractivity contribution < 1.29 is 9.90 Å². The predicted molar refractivity (Wildman–Crippen MR) is 71.7 cm³/mol. The topological polar surface area (TPSA) is 62.2 Å². The fourth-order valence-electron chi connectivity index (χ4n) is 1.60. The number of aliphatic hydroxyl groups excluding tert-OH is 1. The van der Waals surface area contributed by atoms with Crippen molar-refractivity contribution in [2.75, 3.05) is 6.61 Å². The van der Waals surface area contributed by atoms with Crippen LogP contribution in [0.3, 0.4) is 0 Å². The van der Waals surface area contributed by atoms with E-state index in [1.54, 1.807) is 12.1 Å². The minimum Gasteiger partial charge on any atom is -0.396 e. The summed E-state index contributed by atoms with van der Waals surface area (Å²) in [5.41, 5.74) is 0.352. The molecule has 0 fully saturated rings. The maximum atomic E-state index is 12.0. The fourth-order valence-corrected chi connectivity index (χ4v) is 1.71. The van der Waals surface area contributed by atoms with Gasteiger partial charge in [-0.25, -0.2) is 4.98 Å². The number of hydrogen-bond donors (Lipinski definition) is 2. The molecule has 0 aliphatic carbocycles. The van der Waals surface area contributed by atoms with E-state index in [-0.39, 0.29) is 24.0 Å². The van der Waals surface area contributed by atoms with Crippen LogP contribution in [0.15, 0.2) is 18.3 Å². The van der Waals surface area contributed by atoms with Crippen molar-refractivity contribution in [3.63, 3.8) is 0 Å². The number of aromatic nitrogens is 1. The summed E-state index contributed by atoms with van der Waals surface area (Å²) in [7, 11) is 0. The number of hydrogen-bond acceptors (Lipinski definition) is 3. The monoisotopic (exact) mass is 270 g/mol. The maximum Gasteiger partial charge on any atom is 0.253 e.